The van der Waals surface area contributed by atoms with E-state index in [0.29, 0.717) is 6.42 Å². The van der Waals surface area contributed by atoms with E-state index in [1.807, 2.05) is 6.08 Å². The van der Waals surface area contributed by atoms with Gasteiger partial charge >= 0.3 is 0 Å². The molecule has 1 saturated heterocycles. The highest BCUT2D eigenvalue weighted by molar-refractivity contribution is 5.76. The van der Waals surface area contributed by atoms with Crippen molar-refractivity contribution in [1.82, 2.24) is 5.32 Å². The first-order valence-electron chi connectivity index (χ1n) is 34.4. The molecule has 0 aromatic rings. The predicted molar refractivity (Wildman–Crippen MR) is 327 cm³/mol. The molecule has 0 aromatic carbocycles. The summed E-state index contributed by atoms with van der Waals surface area (Å²) in [5.74, 6) is -0.169. The molecule has 0 aliphatic carbocycles. The summed E-state index contributed by atoms with van der Waals surface area (Å²) in [5, 5.41) is 54.5. The van der Waals surface area contributed by atoms with Crippen LogP contribution in [0.1, 0.15) is 361 Å². The lowest BCUT2D eigenvalue weighted by atomic mass is 9.99. The van der Waals surface area contributed by atoms with Crippen molar-refractivity contribution in [2.24, 2.45) is 0 Å². The largest absolute Gasteiger partial charge is 0.394 e. The minimum absolute atomic E-state index is 0.169. The third kappa shape index (κ3) is 47.2. The fourth-order valence-electron chi connectivity index (χ4n) is 11.5. The fraction of sp³-hybridized carbons (Fsp3) is 0.956. The molecule has 1 amide bonds. The summed E-state index contributed by atoms with van der Waals surface area (Å²) in [6.07, 6.45) is 67.8. The fourth-order valence-corrected chi connectivity index (χ4v) is 11.5. The van der Waals surface area contributed by atoms with Gasteiger partial charge in [0, 0.05) is 6.42 Å². The molecule has 0 radical (unpaired) electrons. The van der Waals surface area contributed by atoms with Crippen LogP contribution in [-0.4, -0.2) is 87.5 Å². The van der Waals surface area contributed by atoms with Crippen molar-refractivity contribution < 1.29 is 39.8 Å². The van der Waals surface area contributed by atoms with Crippen LogP contribution in [0.25, 0.3) is 0 Å². The van der Waals surface area contributed by atoms with E-state index in [1.54, 1.807) is 6.08 Å². The van der Waals surface area contributed by atoms with Crippen molar-refractivity contribution in [2.75, 3.05) is 13.2 Å². The number of unbranched alkanes of at least 4 members (excludes halogenated alkanes) is 51. The van der Waals surface area contributed by atoms with Gasteiger partial charge in [0.1, 0.15) is 24.4 Å². The molecule has 0 bridgehead atoms. The summed E-state index contributed by atoms with van der Waals surface area (Å²) in [7, 11) is 0. The number of carbonyl (C=O) groups is 1. The molecule has 9 heteroatoms. The van der Waals surface area contributed by atoms with E-state index in [-0.39, 0.29) is 12.5 Å². The van der Waals surface area contributed by atoms with Crippen molar-refractivity contribution in [1.29, 1.82) is 0 Å². The first-order valence-corrected chi connectivity index (χ1v) is 34.4. The number of aliphatic hydroxyl groups is 5. The van der Waals surface area contributed by atoms with Gasteiger partial charge in [-0.2, -0.15) is 0 Å². The molecule has 458 valence electrons. The molecule has 6 N–H and O–H groups in total. The zero-order valence-corrected chi connectivity index (χ0v) is 51.3. The van der Waals surface area contributed by atoms with Crippen molar-refractivity contribution in [3.63, 3.8) is 0 Å². The van der Waals surface area contributed by atoms with Crippen LogP contribution in [0.4, 0.5) is 0 Å². The van der Waals surface area contributed by atoms with Crippen molar-refractivity contribution in [3.05, 3.63) is 12.2 Å². The van der Waals surface area contributed by atoms with Crippen molar-refractivity contribution >= 4 is 5.91 Å². The molecule has 1 aliphatic heterocycles. The quantitative estimate of drug-likeness (QED) is 0.0261. The molecular weight excluding hydrogens is 959 g/mol. The Morgan fingerprint density at radius 3 is 1.01 bits per heavy atom. The van der Waals surface area contributed by atoms with Gasteiger partial charge in [0.2, 0.25) is 5.91 Å². The second kappa shape index (κ2) is 58.1. The zero-order valence-electron chi connectivity index (χ0n) is 51.3. The van der Waals surface area contributed by atoms with Crippen molar-refractivity contribution in [3.8, 4) is 0 Å². The molecule has 1 heterocycles. The SMILES string of the molecule is CCCCCCCCCCCCCC/C=C/C(O)C(COC1OC(CO)C(O)C(O)C1O)NC(=O)CCCCCCCCCCCCCCCCCCCCCCCCCCCCCCCCCCCCCCCCCC. The van der Waals surface area contributed by atoms with Gasteiger partial charge < -0.3 is 40.3 Å². The normalized spacial score (nSPS) is 18.7. The number of carbonyl (C=O) groups excluding carboxylic acids is 1. The molecule has 1 rings (SSSR count). The highest BCUT2D eigenvalue weighted by Crippen LogP contribution is 2.24. The van der Waals surface area contributed by atoms with E-state index in [9.17, 15) is 30.3 Å². The molecule has 0 aromatic heterocycles. The van der Waals surface area contributed by atoms with E-state index in [1.165, 1.54) is 302 Å². The minimum atomic E-state index is -1.56. The second-order valence-corrected chi connectivity index (χ2v) is 24.3. The van der Waals surface area contributed by atoms with E-state index < -0.39 is 49.5 Å². The first kappa shape index (κ1) is 73.9. The lowest BCUT2D eigenvalue weighted by molar-refractivity contribution is -0.302. The summed E-state index contributed by atoms with van der Waals surface area (Å²) < 4.78 is 11.3. The number of hydrogen-bond acceptors (Lipinski definition) is 8. The smallest absolute Gasteiger partial charge is 0.220 e. The van der Waals surface area contributed by atoms with Gasteiger partial charge in [-0.25, -0.2) is 0 Å². The Morgan fingerprint density at radius 2 is 0.714 bits per heavy atom. The van der Waals surface area contributed by atoms with Gasteiger partial charge in [0.05, 0.1) is 25.4 Å². The Kier molecular flexibility index (Phi) is 55.8. The predicted octanol–water partition coefficient (Wildman–Crippen LogP) is 18.3. The van der Waals surface area contributed by atoms with E-state index in [4.69, 9.17) is 9.47 Å². The average Bonchev–Trinajstić information content (AvgIpc) is 3.43. The monoisotopic (exact) mass is 1090 g/mol. The Labute approximate surface area is 477 Å². The van der Waals surface area contributed by atoms with Gasteiger partial charge in [-0.05, 0) is 19.3 Å². The number of hydrogen-bond donors (Lipinski definition) is 6. The molecule has 1 fully saturated rings. The molecule has 1 aliphatic rings. The lowest BCUT2D eigenvalue weighted by Gasteiger charge is -2.40. The molecular formula is C68H133NO8. The Hall–Kier alpha value is -1.07. The van der Waals surface area contributed by atoms with Crippen LogP contribution in [0.3, 0.4) is 0 Å². The maximum Gasteiger partial charge on any atom is 0.220 e. The summed E-state index contributed by atoms with van der Waals surface area (Å²) in [6.45, 7) is 3.82. The number of ether oxygens (including phenoxy) is 2. The molecule has 9 nitrogen and oxygen atoms in total. The summed E-state index contributed by atoms with van der Waals surface area (Å²) in [4.78, 5) is 13.1. The van der Waals surface area contributed by atoms with Crippen molar-refractivity contribution in [2.45, 2.75) is 403 Å². The molecule has 0 saturated carbocycles. The van der Waals surface area contributed by atoms with E-state index in [0.717, 1.165) is 38.5 Å². The van der Waals surface area contributed by atoms with Gasteiger partial charge in [-0.3, -0.25) is 4.79 Å². The average molecular weight is 1090 g/mol. The van der Waals surface area contributed by atoms with Crippen LogP contribution in [0, 0.1) is 0 Å². The van der Waals surface area contributed by atoms with Crippen LogP contribution in [0.2, 0.25) is 0 Å². The van der Waals surface area contributed by atoms with E-state index >= 15 is 0 Å². The van der Waals surface area contributed by atoms with Gasteiger partial charge in [-0.1, -0.05) is 347 Å². The third-order valence-electron chi connectivity index (χ3n) is 16.9. The Balaban J connectivity index is 2.00. The van der Waals surface area contributed by atoms with Crippen LogP contribution < -0.4 is 5.32 Å². The first-order chi connectivity index (χ1) is 37.8. The Bertz CT molecular complexity index is 1220. The topological polar surface area (TPSA) is 149 Å². The highest BCUT2D eigenvalue weighted by atomic mass is 16.7. The van der Waals surface area contributed by atoms with Gasteiger partial charge in [0.15, 0.2) is 6.29 Å². The number of nitrogens with one attached hydrogen (secondary N) is 1. The second-order valence-electron chi connectivity index (χ2n) is 24.3. The molecule has 7 atom stereocenters. The maximum atomic E-state index is 13.1. The molecule has 0 spiro atoms. The van der Waals surface area contributed by atoms with Crippen LogP contribution in [-0.2, 0) is 14.3 Å². The zero-order chi connectivity index (χ0) is 55.8. The molecule has 77 heavy (non-hydrogen) atoms. The van der Waals surface area contributed by atoms with Gasteiger partial charge in [-0.15, -0.1) is 0 Å². The summed E-state index contributed by atoms with van der Waals surface area (Å²) in [5.41, 5.74) is 0. The lowest BCUT2D eigenvalue weighted by Crippen LogP contribution is -2.60. The standard InChI is InChI=1S/C68H133NO8/c1-3-5-7-9-11-13-15-17-19-20-21-22-23-24-25-26-27-28-29-30-31-32-33-34-35-36-37-38-39-40-41-42-43-44-46-48-50-52-54-56-58-64(72)69-61(60-76-68-67(75)66(74)65(73)63(59-70)77-68)62(71)57-55-53-51-49-47-45-18-16-14-12-10-8-6-4-2/h55,57,61-63,65-68,70-71,73-75H,3-54,56,58-60H2,1-2H3,(H,69,72)/b57-55+. The highest BCUT2D eigenvalue weighted by Gasteiger charge is 2.44. The summed E-state index contributed by atoms with van der Waals surface area (Å²) in [6, 6.07) is -0.800. The maximum absolute atomic E-state index is 13.1. The third-order valence-corrected chi connectivity index (χ3v) is 16.9. The molecule has 7 unspecified atom stereocenters. The van der Waals surface area contributed by atoms with Crippen LogP contribution >= 0.6 is 0 Å². The summed E-state index contributed by atoms with van der Waals surface area (Å²) >= 11 is 0. The number of allylic oxidation sites excluding steroid dienone is 1. The number of amides is 1. The number of rotatable bonds is 61. The number of aliphatic hydroxyl groups excluding tert-OH is 5. The van der Waals surface area contributed by atoms with E-state index in [2.05, 4.69) is 19.2 Å². The van der Waals surface area contributed by atoms with Crippen LogP contribution in [0.5, 0.6) is 0 Å². The minimum Gasteiger partial charge on any atom is -0.394 e. The van der Waals surface area contributed by atoms with Crippen LogP contribution in [0.15, 0.2) is 12.2 Å². The van der Waals surface area contributed by atoms with Gasteiger partial charge in [0.25, 0.3) is 0 Å². The Morgan fingerprint density at radius 1 is 0.429 bits per heavy atom.